The van der Waals surface area contributed by atoms with E-state index < -0.39 is 5.82 Å². The molecular weight excluding hydrogens is 417 g/mol. The van der Waals surface area contributed by atoms with Crippen molar-refractivity contribution in [1.29, 1.82) is 10.5 Å². The Bertz CT molecular complexity index is 1600. The number of fused-ring (bicyclic) bond motifs is 3. The smallest absolute Gasteiger partial charge is 0.158 e. The van der Waals surface area contributed by atoms with E-state index in [2.05, 4.69) is 17.1 Å². The van der Waals surface area contributed by atoms with Gasteiger partial charge in [-0.25, -0.2) is 9.37 Å². The van der Waals surface area contributed by atoms with E-state index in [-0.39, 0.29) is 33.3 Å². The number of benzene rings is 2. The molecule has 3 aromatic heterocycles. The minimum absolute atomic E-state index is 0.0411. The van der Waals surface area contributed by atoms with Gasteiger partial charge in [0.2, 0.25) is 0 Å². The molecule has 8 heteroatoms. The Morgan fingerprint density at radius 1 is 1.00 bits per heavy atom. The summed E-state index contributed by atoms with van der Waals surface area (Å²) in [5, 5.41) is 19.8. The van der Waals surface area contributed by atoms with Crippen LogP contribution in [0.5, 0.6) is 0 Å². The lowest BCUT2D eigenvalue weighted by atomic mass is 10.0. The third kappa shape index (κ3) is 2.72. The third-order valence-electron chi connectivity index (χ3n) is 5.06. The van der Waals surface area contributed by atoms with Crippen LogP contribution in [-0.4, -0.2) is 9.38 Å². The molecule has 0 atom stereocenters. The number of pyridine rings is 1. The summed E-state index contributed by atoms with van der Waals surface area (Å²) in [6, 6.07) is 19.0. The van der Waals surface area contributed by atoms with Crippen molar-refractivity contribution < 1.29 is 8.81 Å². The SMILES string of the molecule is N#Cc1c(-c2ccc(-c3ccc(F)c(Cl)c3)o2)c(C#N)c2nc3ccccc3n2c1N. The summed E-state index contributed by atoms with van der Waals surface area (Å²) < 4.78 is 21.0. The van der Waals surface area contributed by atoms with Gasteiger partial charge in [0.15, 0.2) is 5.65 Å². The Labute approximate surface area is 180 Å². The normalized spacial score (nSPS) is 11.0. The van der Waals surface area contributed by atoms with Crippen molar-refractivity contribution >= 4 is 34.1 Å². The van der Waals surface area contributed by atoms with Gasteiger partial charge in [-0.3, -0.25) is 4.40 Å². The number of imidazole rings is 1. The first-order valence-electron chi connectivity index (χ1n) is 9.12. The molecule has 2 N–H and O–H groups in total. The van der Waals surface area contributed by atoms with Crippen LogP contribution < -0.4 is 5.73 Å². The Hall–Kier alpha value is -4.33. The number of rotatable bonds is 2. The highest BCUT2D eigenvalue weighted by Crippen LogP contribution is 2.38. The van der Waals surface area contributed by atoms with Crippen LogP contribution in [0.15, 0.2) is 59.0 Å². The van der Waals surface area contributed by atoms with Crippen LogP contribution in [0.25, 0.3) is 39.3 Å². The summed E-state index contributed by atoms with van der Waals surface area (Å²) in [7, 11) is 0. The molecule has 0 bridgehead atoms. The monoisotopic (exact) mass is 427 g/mol. The predicted octanol–water partition coefficient (Wildman–Crippen LogP) is 5.53. The molecule has 0 fully saturated rings. The van der Waals surface area contributed by atoms with E-state index in [1.54, 1.807) is 22.6 Å². The average Bonchev–Trinajstić information content (AvgIpc) is 3.40. The van der Waals surface area contributed by atoms with E-state index in [0.29, 0.717) is 28.0 Å². The number of furan rings is 1. The molecule has 148 valence electrons. The minimum Gasteiger partial charge on any atom is -0.456 e. The molecule has 31 heavy (non-hydrogen) atoms. The zero-order valence-corrected chi connectivity index (χ0v) is 16.5. The molecule has 3 heterocycles. The Morgan fingerprint density at radius 3 is 2.48 bits per heavy atom. The fraction of sp³-hybridized carbons (Fsp3) is 0. The van der Waals surface area contributed by atoms with Crippen LogP contribution in [0.1, 0.15) is 11.1 Å². The molecule has 0 unspecified atom stereocenters. The molecule has 0 spiro atoms. The van der Waals surface area contributed by atoms with Crippen LogP contribution >= 0.6 is 11.6 Å². The molecular formula is C23H11ClFN5O. The van der Waals surface area contributed by atoms with Crippen LogP contribution in [0, 0.1) is 28.5 Å². The summed E-state index contributed by atoms with van der Waals surface area (Å²) in [6.07, 6.45) is 0. The molecule has 2 aromatic carbocycles. The maximum absolute atomic E-state index is 13.5. The zero-order valence-electron chi connectivity index (χ0n) is 15.7. The van der Waals surface area contributed by atoms with Crippen molar-refractivity contribution in [2.24, 2.45) is 0 Å². The van der Waals surface area contributed by atoms with Crippen molar-refractivity contribution in [1.82, 2.24) is 9.38 Å². The summed E-state index contributed by atoms with van der Waals surface area (Å²) in [6.45, 7) is 0. The largest absolute Gasteiger partial charge is 0.456 e. The number of nitrogens with zero attached hydrogens (tertiary/aromatic N) is 4. The van der Waals surface area contributed by atoms with Crippen molar-refractivity contribution in [3.8, 4) is 34.8 Å². The summed E-state index contributed by atoms with van der Waals surface area (Å²) in [4.78, 5) is 4.54. The van der Waals surface area contributed by atoms with Gasteiger partial charge in [0.05, 0.1) is 21.6 Å². The first kappa shape index (κ1) is 18.7. The van der Waals surface area contributed by atoms with E-state index in [4.69, 9.17) is 21.8 Å². The lowest BCUT2D eigenvalue weighted by molar-refractivity contribution is 0.596. The molecule has 0 aliphatic rings. The second-order valence-electron chi connectivity index (χ2n) is 6.79. The van der Waals surface area contributed by atoms with E-state index in [0.717, 1.165) is 0 Å². The second-order valence-corrected chi connectivity index (χ2v) is 7.19. The van der Waals surface area contributed by atoms with Crippen LogP contribution in [0.4, 0.5) is 10.2 Å². The van der Waals surface area contributed by atoms with E-state index in [1.807, 2.05) is 18.2 Å². The number of nitrogen functional groups attached to an aromatic ring is 1. The average molecular weight is 428 g/mol. The predicted molar refractivity (Wildman–Crippen MR) is 115 cm³/mol. The van der Waals surface area contributed by atoms with Crippen LogP contribution in [0.2, 0.25) is 5.02 Å². The van der Waals surface area contributed by atoms with E-state index in [1.165, 1.54) is 18.2 Å². The first-order valence-corrected chi connectivity index (χ1v) is 9.49. The standard InChI is InChI=1S/C23H11ClFN5O/c24-15-9-12(5-6-16(15)25)19-7-8-20(31-19)21-13(10-26)22(28)30-18-4-2-1-3-17(18)29-23(30)14(21)11-27/h1-9H,28H2. The zero-order chi connectivity index (χ0) is 21.7. The quantitative estimate of drug-likeness (QED) is 0.398. The summed E-state index contributed by atoms with van der Waals surface area (Å²) in [5.74, 6) is 0.282. The van der Waals surface area contributed by atoms with Crippen LogP contribution in [-0.2, 0) is 0 Å². The van der Waals surface area contributed by atoms with Gasteiger partial charge in [-0.05, 0) is 42.5 Å². The number of para-hydroxylation sites is 2. The van der Waals surface area contributed by atoms with E-state index in [9.17, 15) is 14.9 Å². The molecule has 0 amide bonds. The van der Waals surface area contributed by atoms with Gasteiger partial charge >= 0.3 is 0 Å². The van der Waals surface area contributed by atoms with Crippen molar-refractivity contribution in [3.05, 3.63) is 76.6 Å². The fourth-order valence-corrected chi connectivity index (χ4v) is 3.84. The number of nitriles is 2. The van der Waals surface area contributed by atoms with E-state index >= 15 is 0 Å². The van der Waals surface area contributed by atoms with Gasteiger partial charge in [0.1, 0.15) is 46.4 Å². The summed E-state index contributed by atoms with van der Waals surface area (Å²) in [5.41, 5.74) is 9.09. The van der Waals surface area contributed by atoms with Gasteiger partial charge in [-0.1, -0.05) is 23.7 Å². The molecule has 0 saturated carbocycles. The van der Waals surface area contributed by atoms with Crippen molar-refractivity contribution in [2.75, 3.05) is 5.73 Å². The lowest BCUT2D eigenvalue weighted by Crippen LogP contribution is -2.05. The molecule has 5 rings (SSSR count). The number of anilines is 1. The molecule has 0 saturated heterocycles. The highest BCUT2D eigenvalue weighted by Gasteiger charge is 2.24. The molecule has 5 aromatic rings. The Kier molecular flexibility index (Phi) is 4.14. The van der Waals surface area contributed by atoms with Crippen molar-refractivity contribution in [2.45, 2.75) is 0 Å². The second kappa shape index (κ2) is 6.88. The number of nitrogens with two attached hydrogens (primary N) is 1. The number of hydrogen-bond acceptors (Lipinski definition) is 5. The fourth-order valence-electron chi connectivity index (χ4n) is 3.66. The van der Waals surface area contributed by atoms with Gasteiger partial charge in [-0.2, -0.15) is 10.5 Å². The maximum Gasteiger partial charge on any atom is 0.158 e. The molecule has 0 radical (unpaired) electrons. The Morgan fingerprint density at radius 2 is 1.74 bits per heavy atom. The molecule has 0 aliphatic carbocycles. The maximum atomic E-state index is 13.5. The number of halogens is 2. The third-order valence-corrected chi connectivity index (χ3v) is 5.35. The van der Waals surface area contributed by atoms with Gasteiger partial charge in [0, 0.05) is 5.56 Å². The van der Waals surface area contributed by atoms with Crippen LogP contribution in [0.3, 0.4) is 0 Å². The van der Waals surface area contributed by atoms with Gasteiger partial charge in [-0.15, -0.1) is 0 Å². The van der Waals surface area contributed by atoms with Crippen molar-refractivity contribution in [3.63, 3.8) is 0 Å². The molecule has 6 nitrogen and oxygen atoms in total. The minimum atomic E-state index is -0.541. The van der Waals surface area contributed by atoms with Gasteiger partial charge in [0.25, 0.3) is 0 Å². The number of hydrogen-bond donors (Lipinski definition) is 1. The topological polar surface area (TPSA) is 104 Å². The van der Waals surface area contributed by atoms with Gasteiger partial charge < -0.3 is 10.2 Å². The highest BCUT2D eigenvalue weighted by molar-refractivity contribution is 6.31. The lowest BCUT2D eigenvalue weighted by Gasteiger charge is -2.10. The number of aromatic nitrogens is 2. The first-order chi connectivity index (χ1) is 15.0. The Balaban J connectivity index is 1.80. The molecule has 0 aliphatic heterocycles. The summed E-state index contributed by atoms with van der Waals surface area (Å²) >= 11 is 5.88. The highest BCUT2D eigenvalue weighted by atomic mass is 35.5.